The van der Waals surface area contributed by atoms with Gasteiger partial charge in [0.1, 0.15) is 0 Å². The molecule has 12 heteroatoms. The van der Waals surface area contributed by atoms with Crippen molar-refractivity contribution < 1.29 is 38.8 Å². The zero-order chi connectivity index (χ0) is 26.4. The van der Waals surface area contributed by atoms with Gasteiger partial charge in [-0.05, 0) is 24.6 Å². The molecule has 4 atom stereocenters. The van der Waals surface area contributed by atoms with Crippen LogP contribution in [0.15, 0.2) is 40.7 Å². The van der Waals surface area contributed by atoms with Gasteiger partial charge in [-0.15, -0.1) is 0 Å². The molecular weight excluding hydrogens is 472 g/mol. The second-order valence-corrected chi connectivity index (χ2v) is 8.85. The van der Waals surface area contributed by atoms with Gasteiger partial charge in [-0.1, -0.05) is 6.07 Å². The number of primary amides is 1. The number of ketones is 2. The zero-order valence-corrected chi connectivity index (χ0v) is 20.5. The fourth-order valence-electron chi connectivity index (χ4n) is 5.54. The summed E-state index contributed by atoms with van der Waals surface area (Å²) in [6, 6.07) is 5.67. The summed E-state index contributed by atoms with van der Waals surface area (Å²) in [6.07, 6.45) is -1.33. The molecule has 5 rings (SSSR count). The van der Waals surface area contributed by atoms with Gasteiger partial charge in [0.25, 0.3) is 0 Å². The minimum Gasteiger partial charge on any atom is -0.493 e. The van der Waals surface area contributed by atoms with E-state index in [0.717, 1.165) is 5.56 Å². The molecule has 0 spiro atoms. The molecule has 0 bridgehead atoms. The smallest absolute Gasteiger partial charge is 0.402 e. The SMILES string of the molecule is COc1ccc(CNC2=C(C)C(=O)C3=C(C2=O)C(CO)C2(OC)C4NC4CN32)cc1OC.NC(=O)O. The van der Waals surface area contributed by atoms with E-state index in [9.17, 15) is 14.7 Å². The third-order valence-corrected chi connectivity index (χ3v) is 7.14. The number of aliphatic hydroxyl groups is 1. The van der Waals surface area contributed by atoms with Crippen LogP contribution in [-0.2, 0) is 20.9 Å². The number of methoxy groups -OCH3 is 3. The number of aliphatic hydroxyl groups excluding tert-OH is 1. The first-order valence-electron chi connectivity index (χ1n) is 11.3. The highest BCUT2D eigenvalue weighted by atomic mass is 16.5. The highest BCUT2D eigenvalue weighted by Gasteiger charge is 2.72. The van der Waals surface area contributed by atoms with Crippen LogP contribution in [0.5, 0.6) is 11.5 Å². The number of nitrogens with two attached hydrogens (primary N) is 1. The Balaban J connectivity index is 0.000000709. The summed E-state index contributed by atoms with van der Waals surface area (Å²) in [5, 5.41) is 24.0. The maximum absolute atomic E-state index is 13.6. The van der Waals surface area contributed by atoms with E-state index in [0.29, 0.717) is 41.4 Å². The Hall–Kier alpha value is -3.61. The highest BCUT2D eigenvalue weighted by molar-refractivity contribution is 6.25. The second kappa shape index (κ2) is 9.45. The molecule has 1 aromatic carbocycles. The number of carboxylic acid groups (broad SMARTS) is 1. The van der Waals surface area contributed by atoms with Crippen molar-refractivity contribution in [3.63, 3.8) is 0 Å². The average molecular weight is 503 g/mol. The Labute approximate surface area is 207 Å². The Morgan fingerprint density at radius 1 is 1.22 bits per heavy atom. The van der Waals surface area contributed by atoms with Crippen molar-refractivity contribution >= 4 is 17.7 Å². The molecule has 2 saturated heterocycles. The van der Waals surface area contributed by atoms with Crippen molar-refractivity contribution in [2.24, 2.45) is 11.7 Å². The molecule has 2 fully saturated rings. The van der Waals surface area contributed by atoms with Gasteiger partial charge in [0, 0.05) is 37.4 Å². The number of nitrogens with zero attached hydrogens (tertiary/aromatic N) is 1. The number of nitrogens with one attached hydrogen (secondary N) is 2. The summed E-state index contributed by atoms with van der Waals surface area (Å²) in [5.41, 5.74) is 5.33. The van der Waals surface area contributed by atoms with Gasteiger partial charge in [-0.2, -0.15) is 0 Å². The van der Waals surface area contributed by atoms with Gasteiger partial charge in [-0.25, -0.2) is 4.79 Å². The lowest BCUT2D eigenvalue weighted by Crippen LogP contribution is -2.54. The summed E-state index contributed by atoms with van der Waals surface area (Å²) in [4.78, 5) is 37.7. The van der Waals surface area contributed by atoms with E-state index >= 15 is 0 Å². The van der Waals surface area contributed by atoms with E-state index in [4.69, 9.17) is 24.1 Å². The molecule has 4 aliphatic rings. The van der Waals surface area contributed by atoms with Crippen LogP contribution in [0.1, 0.15) is 12.5 Å². The lowest BCUT2D eigenvalue weighted by Gasteiger charge is -2.39. The van der Waals surface area contributed by atoms with Gasteiger partial charge in [-0.3, -0.25) is 9.59 Å². The molecule has 3 aliphatic heterocycles. The molecule has 36 heavy (non-hydrogen) atoms. The maximum Gasteiger partial charge on any atom is 0.402 e. The van der Waals surface area contributed by atoms with Crippen LogP contribution < -0.4 is 25.8 Å². The molecule has 1 amide bonds. The number of amides is 1. The fraction of sp³-hybridized carbons (Fsp3) is 0.458. The lowest BCUT2D eigenvalue weighted by molar-refractivity contribution is -0.137. The van der Waals surface area contributed by atoms with Crippen LogP contribution in [0, 0.1) is 5.92 Å². The number of rotatable bonds is 7. The third kappa shape index (κ3) is 3.77. The summed E-state index contributed by atoms with van der Waals surface area (Å²) < 4.78 is 16.5. The van der Waals surface area contributed by atoms with Crippen LogP contribution in [0.25, 0.3) is 0 Å². The van der Waals surface area contributed by atoms with Crippen molar-refractivity contribution in [2.45, 2.75) is 31.3 Å². The van der Waals surface area contributed by atoms with E-state index in [-0.39, 0.29) is 36.0 Å². The van der Waals surface area contributed by atoms with Crippen LogP contribution in [-0.4, -0.2) is 85.1 Å². The zero-order valence-electron chi connectivity index (χ0n) is 20.5. The van der Waals surface area contributed by atoms with E-state index < -0.39 is 17.7 Å². The number of hydrogen-bond donors (Lipinski definition) is 5. The molecule has 0 radical (unpaired) electrons. The first-order valence-corrected chi connectivity index (χ1v) is 11.3. The normalized spacial score (nSPS) is 27.7. The van der Waals surface area contributed by atoms with Crippen molar-refractivity contribution in [2.75, 3.05) is 34.5 Å². The van der Waals surface area contributed by atoms with Crippen LogP contribution in [0.4, 0.5) is 4.79 Å². The third-order valence-electron chi connectivity index (χ3n) is 7.14. The molecule has 1 aliphatic carbocycles. The number of allylic oxidation sites excluding steroid dienone is 2. The van der Waals surface area contributed by atoms with E-state index in [1.54, 1.807) is 34.3 Å². The first-order chi connectivity index (χ1) is 17.2. The predicted molar refractivity (Wildman–Crippen MR) is 126 cm³/mol. The number of ether oxygens (including phenoxy) is 3. The standard InChI is InChI=1S/C23H27N3O6.CH3NO2/c1-11-18(24-8-12-5-6-15(30-2)16(7-12)31-3)21(29)17-13(10-27)23(32-4)22-14(25-22)9-26(23)19(17)20(11)28;2-1(3)4/h5-7,13-14,22,24-25,27H,8-10H2,1-4H3;2H2,(H,3,4). The summed E-state index contributed by atoms with van der Waals surface area (Å²) >= 11 is 0. The molecule has 6 N–H and O–H groups in total. The van der Waals surface area contributed by atoms with E-state index in [1.807, 2.05) is 17.0 Å². The van der Waals surface area contributed by atoms with Crippen molar-refractivity contribution in [1.82, 2.24) is 15.5 Å². The van der Waals surface area contributed by atoms with Crippen molar-refractivity contribution in [1.29, 1.82) is 0 Å². The minimum absolute atomic E-state index is 0.0145. The Morgan fingerprint density at radius 3 is 2.47 bits per heavy atom. The molecule has 3 heterocycles. The Kier molecular flexibility index (Phi) is 6.69. The van der Waals surface area contributed by atoms with Crippen LogP contribution >= 0.6 is 0 Å². The molecule has 0 saturated carbocycles. The van der Waals surface area contributed by atoms with E-state index in [1.165, 1.54) is 0 Å². The number of fused-ring (bicyclic) bond motifs is 4. The number of Topliss-reactive ketones (excluding diaryl/α,β-unsaturated/α-hetero) is 2. The topological polar surface area (TPSA) is 183 Å². The Bertz CT molecular complexity index is 1170. The average Bonchev–Trinajstić information content (AvgIpc) is 3.47. The van der Waals surface area contributed by atoms with Crippen molar-refractivity contribution in [3.05, 3.63) is 46.3 Å². The molecule has 12 nitrogen and oxygen atoms in total. The van der Waals surface area contributed by atoms with Gasteiger partial charge in [0.05, 0.1) is 44.2 Å². The molecule has 194 valence electrons. The Morgan fingerprint density at radius 2 is 1.89 bits per heavy atom. The van der Waals surface area contributed by atoms with Gasteiger partial charge in [0.2, 0.25) is 11.6 Å². The van der Waals surface area contributed by atoms with Gasteiger partial charge >= 0.3 is 6.09 Å². The monoisotopic (exact) mass is 502 g/mol. The lowest BCUT2D eigenvalue weighted by atomic mass is 9.82. The fourth-order valence-corrected chi connectivity index (χ4v) is 5.54. The number of piperazine rings is 1. The summed E-state index contributed by atoms with van der Waals surface area (Å²) in [6.45, 7) is 2.28. The molecular formula is C24H30N4O8. The predicted octanol–water partition coefficient (Wildman–Crippen LogP) is -0.283. The van der Waals surface area contributed by atoms with E-state index in [2.05, 4.69) is 16.4 Å². The van der Waals surface area contributed by atoms with Crippen LogP contribution in [0.3, 0.4) is 0 Å². The summed E-state index contributed by atoms with van der Waals surface area (Å²) in [7, 11) is 4.70. The molecule has 1 aromatic rings. The van der Waals surface area contributed by atoms with Crippen LogP contribution in [0.2, 0.25) is 0 Å². The van der Waals surface area contributed by atoms with Gasteiger partial charge < -0.3 is 45.7 Å². The van der Waals surface area contributed by atoms with Gasteiger partial charge in [0.15, 0.2) is 17.2 Å². The molecule has 4 unspecified atom stereocenters. The second-order valence-electron chi connectivity index (χ2n) is 8.85. The number of benzene rings is 1. The number of carbonyl (C=O) groups excluding carboxylic acids is 2. The largest absolute Gasteiger partial charge is 0.493 e. The minimum atomic E-state index is -1.33. The van der Waals surface area contributed by atoms with Crippen molar-refractivity contribution in [3.8, 4) is 11.5 Å². The molecule has 0 aromatic heterocycles. The maximum atomic E-state index is 13.6. The highest BCUT2D eigenvalue weighted by Crippen LogP contribution is 2.55. The summed E-state index contributed by atoms with van der Waals surface area (Å²) in [5.74, 6) is 0.126. The quantitative estimate of drug-likeness (QED) is 0.244. The number of carbonyl (C=O) groups is 3. The first kappa shape index (κ1) is 25.5. The number of hydrogen-bond acceptors (Lipinski definition) is 10.